The molecule has 0 N–H and O–H groups in total. The van der Waals surface area contributed by atoms with Gasteiger partial charge >= 0.3 is 0 Å². The third kappa shape index (κ3) is 3.30. The van der Waals surface area contributed by atoms with E-state index in [0.29, 0.717) is 5.56 Å². The monoisotopic (exact) mass is 348 g/mol. The lowest BCUT2D eigenvalue weighted by molar-refractivity contribution is 0.638. The smallest absolute Gasteiger partial charge is 0.151 e. The SMILES string of the molecule is N#Cc1ccc(N2CCN(c3ccc(-c4cccs4)nn3)CC2)nc1. The number of anilines is 2. The summed E-state index contributed by atoms with van der Waals surface area (Å²) in [4.78, 5) is 9.97. The van der Waals surface area contributed by atoms with Crippen molar-refractivity contribution in [3.63, 3.8) is 0 Å². The zero-order valence-electron chi connectivity index (χ0n) is 13.5. The number of aromatic nitrogens is 3. The van der Waals surface area contributed by atoms with Gasteiger partial charge in [-0.2, -0.15) is 5.26 Å². The Hall–Kier alpha value is -2.98. The molecule has 4 rings (SSSR count). The van der Waals surface area contributed by atoms with E-state index < -0.39 is 0 Å². The summed E-state index contributed by atoms with van der Waals surface area (Å²) in [5.74, 6) is 1.82. The zero-order chi connectivity index (χ0) is 17.1. The molecule has 0 saturated carbocycles. The van der Waals surface area contributed by atoms with Crippen LogP contribution < -0.4 is 9.80 Å². The van der Waals surface area contributed by atoms with E-state index in [-0.39, 0.29) is 0 Å². The normalized spacial score (nSPS) is 14.4. The highest BCUT2D eigenvalue weighted by molar-refractivity contribution is 7.13. The van der Waals surface area contributed by atoms with Gasteiger partial charge in [-0.05, 0) is 35.7 Å². The predicted octanol–water partition coefficient (Wildman–Crippen LogP) is 2.80. The standard InChI is InChI=1S/C18H16N6S/c19-12-14-3-5-17(20-13-14)23-7-9-24(10-8-23)18-6-4-15(21-22-18)16-2-1-11-25-16/h1-6,11,13H,7-10H2. The molecule has 0 aromatic carbocycles. The second-order valence-corrected chi connectivity index (χ2v) is 6.69. The third-order valence-corrected chi connectivity index (χ3v) is 5.12. The molecule has 0 atom stereocenters. The van der Waals surface area contributed by atoms with E-state index in [1.54, 1.807) is 17.5 Å². The van der Waals surface area contributed by atoms with Crippen LogP contribution in [0.2, 0.25) is 0 Å². The average Bonchev–Trinajstić information content (AvgIpc) is 3.23. The Morgan fingerprint density at radius 3 is 2.24 bits per heavy atom. The second kappa shape index (κ2) is 6.87. The van der Waals surface area contributed by atoms with Crippen LogP contribution in [0, 0.1) is 11.3 Å². The number of pyridine rings is 1. The van der Waals surface area contributed by atoms with Crippen LogP contribution in [-0.2, 0) is 0 Å². The highest BCUT2D eigenvalue weighted by atomic mass is 32.1. The van der Waals surface area contributed by atoms with Crippen LogP contribution in [0.5, 0.6) is 0 Å². The lowest BCUT2D eigenvalue weighted by atomic mass is 10.2. The van der Waals surface area contributed by atoms with Crippen molar-refractivity contribution in [1.29, 1.82) is 5.26 Å². The minimum Gasteiger partial charge on any atom is -0.353 e. The van der Waals surface area contributed by atoms with Gasteiger partial charge in [-0.1, -0.05) is 6.07 Å². The van der Waals surface area contributed by atoms with Gasteiger partial charge < -0.3 is 9.80 Å². The van der Waals surface area contributed by atoms with E-state index in [1.165, 1.54) is 0 Å². The molecule has 0 amide bonds. The van der Waals surface area contributed by atoms with Gasteiger partial charge in [-0.25, -0.2) is 4.98 Å². The van der Waals surface area contributed by atoms with Crippen molar-refractivity contribution in [2.24, 2.45) is 0 Å². The van der Waals surface area contributed by atoms with Gasteiger partial charge in [0.2, 0.25) is 0 Å². The van der Waals surface area contributed by atoms with Crippen LogP contribution in [0.25, 0.3) is 10.6 Å². The summed E-state index contributed by atoms with van der Waals surface area (Å²) in [7, 11) is 0. The number of hydrogen-bond acceptors (Lipinski definition) is 7. The molecule has 1 aliphatic heterocycles. The molecule has 0 spiro atoms. The first kappa shape index (κ1) is 15.5. The first-order chi connectivity index (χ1) is 12.3. The van der Waals surface area contributed by atoms with E-state index in [0.717, 1.165) is 48.4 Å². The van der Waals surface area contributed by atoms with Crippen molar-refractivity contribution < 1.29 is 0 Å². The molecule has 0 aliphatic carbocycles. The molecular weight excluding hydrogens is 332 g/mol. The number of nitriles is 1. The minimum absolute atomic E-state index is 0.587. The Morgan fingerprint density at radius 1 is 0.920 bits per heavy atom. The van der Waals surface area contributed by atoms with E-state index in [1.807, 2.05) is 35.7 Å². The highest BCUT2D eigenvalue weighted by Gasteiger charge is 2.19. The summed E-state index contributed by atoms with van der Waals surface area (Å²) >= 11 is 1.67. The van der Waals surface area contributed by atoms with Crippen molar-refractivity contribution in [2.45, 2.75) is 0 Å². The Labute approximate surface area is 150 Å². The number of nitrogens with zero attached hydrogens (tertiary/aromatic N) is 6. The molecule has 124 valence electrons. The molecular formula is C18H16N6S. The largest absolute Gasteiger partial charge is 0.353 e. The highest BCUT2D eigenvalue weighted by Crippen LogP contribution is 2.24. The van der Waals surface area contributed by atoms with Gasteiger partial charge in [0.1, 0.15) is 17.6 Å². The maximum Gasteiger partial charge on any atom is 0.151 e. The van der Waals surface area contributed by atoms with Crippen LogP contribution in [-0.4, -0.2) is 41.4 Å². The molecule has 3 aromatic heterocycles. The Morgan fingerprint density at radius 2 is 1.68 bits per heavy atom. The summed E-state index contributed by atoms with van der Waals surface area (Å²) in [5, 5.41) is 19.6. The maximum absolute atomic E-state index is 8.86. The minimum atomic E-state index is 0.587. The number of hydrogen-bond donors (Lipinski definition) is 0. The second-order valence-electron chi connectivity index (χ2n) is 5.75. The summed E-state index contributed by atoms with van der Waals surface area (Å²) in [6.45, 7) is 3.48. The Balaban J connectivity index is 1.40. The average molecular weight is 348 g/mol. The summed E-state index contributed by atoms with van der Waals surface area (Å²) in [5.41, 5.74) is 1.50. The molecule has 3 aromatic rings. The molecule has 0 radical (unpaired) electrons. The topological polar surface area (TPSA) is 68.9 Å². The van der Waals surface area contributed by atoms with Crippen molar-refractivity contribution in [2.75, 3.05) is 36.0 Å². The molecule has 0 unspecified atom stereocenters. The van der Waals surface area contributed by atoms with E-state index in [2.05, 4.69) is 37.1 Å². The Bertz CT molecular complexity index is 859. The van der Waals surface area contributed by atoms with E-state index in [9.17, 15) is 0 Å². The first-order valence-electron chi connectivity index (χ1n) is 8.07. The lowest BCUT2D eigenvalue weighted by Gasteiger charge is -2.35. The predicted molar refractivity (Wildman–Crippen MR) is 98.7 cm³/mol. The van der Waals surface area contributed by atoms with Gasteiger partial charge in [-0.15, -0.1) is 21.5 Å². The summed E-state index contributed by atoms with van der Waals surface area (Å²) < 4.78 is 0. The number of piperazine rings is 1. The molecule has 4 heterocycles. The van der Waals surface area contributed by atoms with E-state index in [4.69, 9.17) is 5.26 Å². The van der Waals surface area contributed by atoms with Crippen LogP contribution in [0.4, 0.5) is 11.6 Å². The van der Waals surface area contributed by atoms with Gasteiger partial charge in [0, 0.05) is 32.4 Å². The van der Waals surface area contributed by atoms with Gasteiger partial charge in [0.05, 0.1) is 10.4 Å². The van der Waals surface area contributed by atoms with Crippen molar-refractivity contribution in [3.05, 3.63) is 53.5 Å². The van der Waals surface area contributed by atoms with Gasteiger partial charge in [-0.3, -0.25) is 0 Å². The molecule has 25 heavy (non-hydrogen) atoms. The first-order valence-corrected chi connectivity index (χ1v) is 8.95. The fourth-order valence-corrected chi connectivity index (χ4v) is 3.54. The van der Waals surface area contributed by atoms with Crippen LogP contribution >= 0.6 is 11.3 Å². The number of thiophene rings is 1. The lowest BCUT2D eigenvalue weighted by Crippen LogP contribution is -2.47. The van der Waals surface area contributed by atoms with Gasteiger partial charge in [0.25, 0.3) is 0 Å². The van der Waals surface area contributed by atoms with Crippen molar-refractivity contribution in [1.82, 2.24) is 15.2 Å². The van der Waals surface area contributed by atoms with Gasteiger partial charge in [0.15, 0.2) is 5.82 Å². The summed E-state index contributed by atoms with van der Waals surface area (Å²) in [6, 6.07) is 14.0. The fourth-order valence-electron chi connectivity index (χ4n) is 2.85. The zero-order valence-corrected chi connectivity index (χ0v) is 14.4. The molecule has 1 fully saturated rings. The fraction of sp³-hybridized carbons (Fsp3) is 0.222. The van der Waals surface area contributed by atoms with Crippen LogP contribution in [0.1, 0.15) is 5.56 Å². The van der Waals surface area contributed by atoms with E-state index >= 15 is 0 Å². The Kier molecular flexibility index (Phi) is 4.27. The van der Waals surface area contributed by atoms with Crippen molar-refractivity contribution >= 4 is 23.0 Å². The molecule has 0 bridgehead atoms. The quantitative estimate of drug-likeness (QED) is 0.725. The van der Waals surface area contributed by atoms with Crippen LogP contribution in [0.15, 0.2) is 48.0 Å². The summed E-state index contributed by atoms with van der Waals surface area (Å²) in [6.07, 6.45) is 1.62. The third-order valence-electron chi connectivity index (χ3n) is 4.23. The molecule has 1 saturated heterocycles. The van der Waals surface area contributed by atoms with Crippen molar-refractivity contribution in [3.8, 4) is 16.6 Å². The maximum atomic E-state index is 8.86. The van der Waals surface area contributed by atoms with Crippen LogP contribution in [0.3, 0.4) is 0 Å². The molecule has 1 aliphatic rings. The number of rotatable bonds is 3. The molecule has 7 heteroatoms. The molecule has 6 nitrogen and oxygen atoms in total.